The van der Waals surface area contributed by atoms with E-state index in [0.717, 1.165) is 50.5 Å². The number of fused-ring (bicyclic) bond motifs is 3. The number of piperazine rings is 1. The van der Waals surface area contributed by atoms with Crippen molar-refractivity contribution in [3.05, 3.63) is 106 Å². The Balaban J connectivity index is 1.09. The van der Waals surface area contributed by atoms with Crippen LogP contribution >= 0.6 is 0 Å². The summed E-state index contributed by atoms with van der Waals surface area (Å²) in [4.78, 5) is 45.2. The lowest BCUT2D eigenvalue weighted by molar-refractivity contribution is -0.0660. The highest BCUT2D eigenvalue weighted by Crippen LogP contribution is 2.29. The van der Waals surface area contributed by atoms with E-state index >= 15 is 0 Å². The topological polar surface area (TPSA) is 135 Å². The molecule has 2 aliphatic heterocycles. The number of aromatic nitrogens is 6. The number of nitrogens with one attached hydrogen (secondary N) is 1. The Morgan fingerprint density at radius 1 is 0.957 bits per heavy atom. The second-order valence-corrected chi connectivity index (χ2v) is 11.9. The largest absolute Gasteiger partial charge is 0.392 e. The van der Waals surface area contributed by atoms with Gasteiger partial charge in [0.2, 0.25) is 0 Å². The summed E-state index contributed by atoms with van der Waals surface area (Å²) in [6.07, 6.45) is 10.2. The van der Waals surface area contributed by atoms with Crippen LogP contribution < -0.4 is 21.3 Å². The van der Waals surface area contributed by atoms with Crippen LogP contribution in [0.3, 0.4) is 0 Å². The predicted molar refractivity (Wildman–Crippen MR) is 179 cm³/mol. The summed E-state index contributed by atoms with van der Waals surface area (Å²) in [6.45, 7) is 5.11. The summed E-state index contributed by atoms with van der Waals surface area (Å²) >= 11 is 0. The van der Waals surface area contributed by atoms with Crippen molar-refractivity contribution in [3.63, 3.8) is 0 Å². The summed E-state index contributed by atoms with van der Waals surface area (Å²) in [5.74, 6) is 0.846. The van der Waals surface area contributed by atoms with E-state index < -0.39 is 0 Å². The average molecular weight is 632 g/mol. The first kappa shape index (κ1) is 29.1. The molecule has 0 radical (unpaired) electrons. The van der Waals surface area contributed by atoms with Crippen molar-refractivity contribution >= 4 is 33.7 Å². The molecule has 2 N–H and O–H groups in total. The molecule has 47 heavy (non-hydrogen) atoms. The van der Waals surface area contributed by atoms with Gasteiger partial charge in [-0.05, 0) is 48.0 Å². The summed E-state index contributed by atoms with van der Waals surface area (Å²) in [6, 6.07) is 13.5. The van der Waals surface area contributed by atoms with Gasteiger partial charge in [-0.15, -0.1) is 0 Å². The van der Waals surface area contributed by atoms with Crippen molar-refractivity contribution in [2.45, 2.75) is 12.6 Å². The fourth-order valence-corrected chi connectivity index (χ4v) is 6.49. The first-order valence-electron chi connectivity index (χ1n) is 15.6. The van der Waals surface area contributed by atoms with Gasteiger partial charge in [-0.3, -0.25) is 23.5 Å². The number of ether oxygens (including phenoxy) is 1. The molecule has 0 aromatic carbocycles. The van der Waals surface area contributed by atoms with Gasteiger partial charge in [-0.25, -0.2) is 15.0 Å². The first-order valence-corrected chi connectivity index (χ1v) is 15.6. The highest BCUT2D eigenvalue weighted by molar-refractivity contribution is 5.83. The molecule has 8 rings (SSSR count). The van der Waals surface area contributed by atoms with E-state index in [1.807, 2.05) is 30.5 Å². The third-order valence-electron chi connectivity index (χ3n) is 9.14. The van der Waals surface area contributed by atoms with Crippen LogP contribution in [-0.4, -0.2) is 83.9 Å². The fourth-order valence-electron chi connectivity index (χ4n) is 6.49. The van der Waals surface area contributed by atoms with E-state index in [-0.39, 0.29) is 17.7 Å². The van der Waals surface area contributed by atoms with Gasteiger partial charge in [0.25, 0.3) is 11.1 Å². The van der Waals surface area contributed by atoms with Gasteiger partial charge >= 0.3 is 0 Å². The summed E-state index contributed by atoms with van der Waals surface area (Å²) in [7, 11) is 1.67. The van der Waals surface area contributed by atoms with Crippen LogP contribution in [0, 0.1) is 0 Å². The first-order chi connectivity index (χ1) is 23.0. The Bertz CT molecular complexity index is 2230. The fraction of sp³-hybridized carbons (Fsp3) is 0.265. The van der Waals surface area contributed by atoms with Crippen LogP contribution in [-0.2, 0) is 18.4 Å². The Hall–Kier alpha value is -5.37. The number of rotatable bonds is 7. The number of anilines is 3. The van der Waals surface area contributed by atoms with Crippen molar-refractivity contribution < 1.29 is 9.84 Å². The lowest BCUT2D eigenvalue weighted by Gasteiger charge is -2.43. The number of aliphatic hydroxyl groups excluding tert-OH is 1. The third-order valence-corrected chi connectivity index (χ3v) is 9.14. The van der Waals surface area contributed by atoms with Crippen LogP contribution in [0.25, 0.3) is 33.5 Å². The number of pyridine rings is 4. The second-order valence-electron chi connectivity index (χ2n) is 11.9. The average Bonchev–Trinajstić information content (AvgIpc) is 3.46. The van der Waals surface area contributed by atoms with Crippen LogP contribution in [0.2, 0.25) is 0 Å². The molecule has 2 fully saturated rings. The summed E-state index contributed by atoms with van der Waals surface area (Å²) < 4.78 is 10.0. The van der Waals surface area contributed by atoms with Crippen molar-refractivity contribution in [1.29, 1.82) is 0 Å². The minimum absolute atomic E-state index is 0.230. The molecule has 6 aromatic rings. The molecule has 0 aliphatic carbocycles. The smallest absolute Gasteiger partial charge is 0.280 e. The zero-order chi connectivity index (χ0) is 32.1. The molecule has 2 saturated heterocycles. The zero-order valence-electron chi connectivity index (χ0n) is 25.8. The second kappa shape index (κ2) is 11.8. The molecular formula is C34H33N9O4. The third kappa shape index (κ3) is 5.14. The quantitative estimate of drug-likeness (QED) is 0.271. The molecular weight excluding hydrogens is 598 g/mol. The minimum Gasteiger partial charge on any atom is -0.392 e. The minimum atomic E-state index is -0.377. The zero-order valence-corrected chi connectivity index (χ0v) is 25.8. The van der Waals surface area contributed by atoms with Gasteiger partial charge in [0, 0.05) is 80.7 Å². The van der Waals surface area contributed by atoms with Crippen molar-refractivity contribution in [2.24, 2.45) is 7.05 Å². The summed E-state index contributed by atoms with van der Waals surface area (Å²) in [5, 5.41) is 14.6. The van der Waals surface area contributed by atoms with E-state index in [9.17, 15) is 14.7 Å². The molecule has 0 saturated carbocycles. The lowest BCUT2D eigenvalue weighted by Crippen LogP contribution is -2.56. The number of hydrogen-bond donors (Lipinski definition) is 2. The van der Waals surface area contributed by atoms with Gasteiger partial charge in [0.05, 0.1) is 37.7 Å². The van der Waals surface area contributed by atoms with Crippen LogP contribution in [0.15, 0.2) is 89.2 Å². The maximum Gasteiger partial charge on any atom is 0.280 e. The Morgan fingerprint density at radius 3 is 2.55 bits per heavy atom. The van der Waals surface area contributed by atoms with E-state index in [1.165, 1.54) is 9.13 Å². The highest BCUT2D eigenvalue weighted by atomic mass is 16.5. The molecule has 13 nitrogen and oxygen atoms in total. The molecule has 238 valence electrons. The van der Waals surface area contributed by atoms with Crippen LogP contribution in [0.5, 0.6) is 0 Å². The molecule has 0 bridgehead atoms. The highest BCUT2D eigenvalue weighted by Gasteiger charge is 2.29. The maximum atomic E-state index is 13.7. The van der Waals surface area contributed by atoms with Crippen molar-refractivity contribution in [2.75, 3.05) is 49.6 Å². The molecule has 0 amide bonds. The molecule has 8 heterocycles. The SMILES string of the molecule is Cn1cc(-c2ccnc(-n3ccn4c(cc5cccnc54)c3=O)c2CO)cc(Nc2ccc(N3CCN(C4COC4)CC3)cn2)c1=O. The molecule has 0 spiro atoms. The maximum absolute atomic E-state index is 13.7. The molecule has 13 heteroatoms. The Kier molecular flexibility index (Phi) is 7.28. The van der Waals surface area contributed by atoms with Gasteiger partial charge in [0.1, 0.15) is 28.5 Å². The van der Waals surface area contributed by atoms with E-state index in [1.54, 1.807) is 60.6 Å². The normalized spacial score (nSPS) is 15.7. The van der Waals surface area contributed by atoms with Gasteiger partial charge in [0.15, 0.2) is 0 Å². The monoisotopic (exact) mass is 631 g/mol. The van der Waals surface area contributed by atoms with E-state index in [2.05, 4.69) is 30.1 Å². The number of hydrogen-bond acceptors (Lipinski definition) is 10. The van der Waals surface area contributed by atoms with Gasteiger partial charge in [-0.1, -0.05) is 0 Å². The van der Waals surface area contributed by atoms with Gasteiger partial charge < -0.3 is 24.6 Å². The lowest BCUT2D eigenvalue weighted by atomic mass is 10.0. The molecule has 2 aliphatic rings. The van der Waals surface area contributed by atoms with E-state index in [4.69, 9.17) is 4.74 Å². The molecule has 6 aromatic heterocycles. The summed E-state index contributed by atoms with van der Waals surface area (Å²) in [5.41, 5.74) is 3.72. The number of aliphatic hydroxyl groups is 1. The van der Waals surface area contributed by atoms with Gasteiger partial charge in [-0.2, -0.15) is 0 Å². The number of nitrogens with zero attached hydrogens (tertiary/aromatic N) is 8. The van der Waals surface area contributed by atoms with Crippen LogP contribution in [0.4, 0.5) is 17.2 Å². The van der Waals surface area contributed by atoms with Crippen molar-refractivity contribution in [3.8, 4) is 16.9 Å². The molecule has 0 atom stereocenters. The number of aryl methyl sites for hydroxylation is 1. The Morgan fingerprint density at radius 2 is 1.81 bits per heavy atom. The Labute approximate surface area is 268 Å². The van der Waals surface area contributed by atoms with E-state index in [0.29, 0.717) is 51.2 Å². The standard InChI is InChI=1S/C34H33N9O4/c1-39-18-23(15-28(33(39)45)38-30-5-4-24(17-37-30)40-9-11-41(12-10-40)25-20-47-21-25)26-6-8-36-32(27(26)19-44)43-14-13-42-29(34(43)46)16-22-3-2-7-35-31(22)42/h2-8,13-18,25,44H,9-12,19-21H2,1H3,(H,37,38). The van der Waals surface area contributed by atoms with Crippen molar-refractivity contribution in [1.82, 2.24) is 33.4 Å². The molecule has 0 unspecified atom stereocenters. The van der Waals surface area contributed by atoms with Crippen LogP contribution in [0.1, 0.15) is 5.56 Å². The predicted octanol–water partition coefficient (Wildman–Crippen LogP) is 2.55.